The number of hydrogen-bond acceptors (Lipinski definition) is 6. The molecule has 1 aromatic heterocycles. The van der Waals surface area contributed by atoms with Gasteiger partial charge in [0.25, 0.3) is 5.91 Å². The summed E-state index contributed by atoms with van der Waals surface area (Å²) in [6.45, 7) is 2.12. The van der Waals surface area contributed by atoms with Crippen molar-refractivity contribution < 1.29 is 18.7 Å². The Morgan fingerprint density at radius 3 is 2.49 bits per heavy atom. The number of methoxy groups -OCH3 is 1. The van der Waals surface area contributed by atoms with Crippen LogP contribution in [0.25, 0.3) is 11.0 Å². The van der Waals surface area contributed by atoms with E-state index in [2.05, 4.69) is 16.3 Å². The molecule has 0 saturated heterocycles. The summed E-state index contributed by atoms with van der Waals surface area (Å²) in [7, 11) is 1.35. The topological polar surface area (TPSA) is 84.1 Å². The van der Waals surface area contributed by atoms with Crippen LogP contribution in [0, 0.1) is 0 Å². The van der Waals surface area contributed by atoms with E-state index in [0.717, 1.165) is 49.7 Å². The smallest absolute Gasteiger partial charge is 0.337 e. The second-order valence-corrected chi connectivity index (χ2v) is 9.41. The Bertz CT molecular complexity index is 1570. The highest BCUT2D eigenvalue weighted by molar-refractivity contribution is 6.06. The SMILES string of the molecule is COC(=O)c1ccc(N=c2oc3c4c5c(cc3cc2C(=O)Nc2ccccc2)CCCN5CCC4)cc1. The average molecular weight is 494 g/mol. The number of amides is 1. The van der Waals surface area contributed by atoms with Gasteiger partial charge in [-0.3, -0.25) is 4.79 Å². The fourth-order valence-corrected chi connectivity index (χ4v) is 5.33. The highest BCUT2D eigenvalue weighted by atomic mass is 16.5. The number of nitrogens with zero attached hydrogens (tertiary/aromatic N) is 2. The van der Waals surface area contributed by atoms with E-state index >= 15 is 0 Å². The van der Waals surface area contributed by atoms with Gasteiger partial charge < -0.3 is 19.4 Å². The summed E-state index contributed by atoms with van der Waals surface area (Å²) < 4.78 is 11.3. The van der Waals surface area contributed by atoms with E-state index in [1.165, 1.54) is 23.9 Å². The zero-order chi connectivity index (χ0) is 25.4. The van der Waals surface area contributed by atoms with E-state index in [4.69, 9.17) is 14.1 Å². The quantitative estimate of drug-likeness (QED) is 0.385. The zero-order valence-corrected chi connectivity index (χ0v) is 20.6. The van der Waals surface area contributed by atoms with E-state index in [1.807, 2.05) is 36.4 Å². The number of carbonyl (C=O) groups is 2. The van der Waals surface area contributed by atoms with Crippen molar-refractivity contribution >= 4 is 39.9 Å². The molecule has 3 heterocycles. The van der Waals surface area contributed by atoms with Gasteiger partial charge in [-0.15, -0.1) is 0 Å². The normalized spacial score (nSPS) is 14.8. The third-order valence-electron chi connectivity index (χ3n) is 7.03. The Morgan fingerprint density at radius 1 is 0.973 bits per heavy atom. The number of rotatable bonds is 4. The second kappa shape index (κ2) is 9.58. The molecule has 0 fully saturated rings. The lowest BCUT2D eigenvalue weighted by Gasteiger charge is -2.37. The van der Waals surface area contributed by atoms with Crippen molar-refractivity contribution in [2.24, 2.45) is 4.99 Å². The molecule has 0 atom stereocenters. The van der Waals surface area contributed by atoms with Crippen molar-refractivity contribution in [3.63, 3.8) is 0 Å². The fourth-order valence-electron chi connectivity index (χ4n) is 5.33. The monoisotopic (exact) mass is 493 g/mol. The number of esters is 1. The average Bonchev–Trinajstić information content (AvgIpc) is 2.94. The van der Waals surface area contributed by atoms with Crippen molar-refractivity contribution in [2.45, 2.75) is 25.7 Å². The Labute approximate surface area is 214 Å². The van der Waals surface area contributed by atoms with Crippen LogP contribution in [0.2, 0.25) is 0 Å². The Hall–Kier alpha value is -4.39. The van der Waals surface area contributed by atoms with Crippen LogP contribution >= 0.6 is 0 Å². The molecule has 3 aromatic carbocycles. The van der Waals surface area contributed by atoms with Crippen LogP contribution in [0.4, 0.5) is 17.1 Å². The highest BCUT2D eigenvalue weighted by Gasteiger charge is 2.27. The van der Waals surface area contributed by atoms with Crippen molar-refractivity contribution in [2.75, 3.05) is 30.4 Å². The largest absolute Gasteiger partial charge is 0.465 e. The van der Waals surface area contributed by atoms with Gasteiger partial charge in [-0.05, 0) is 79.8 Å². The van der Waals surface area contributed by atoms with E-state index in [9.17, 15) is 9.59 Å². The molecule has 0 spiro atoms. The van der Waals surface area contributed by atoms with Gasteiger partial charge in [0.1, 0.15) is 11.1 Å². The van der Waals surface area contributed by atoms with Crippen LogP contribution < -0.4 is 15.8 Å². The molecule has 4 aromatic rings. The van der Waals surface area contributed by atoms with Crippen LogP contribution in [0.3, 0.4) is 0 Å². The lowest BCUT2D eigenvalue weighted by molar-refractivity contribution is 0.0600. The molecule has 186 valence electrons. The number of aryl methyl sites for hydroxylation is 2. The van der Waals surface area contributed by atoms with Crippen LogP contribution in [0.1, 0.15) is 44.7 Å². The molecule has 0 aliphatic carbocycles. The van der Waals surface area contributed by atoms with Crippen molar-refractivity contribution in [1.29, 1.82) is 0 Å². The second-order valence-electron chi connectivity index (χ2n) is 9.41. The Morgan fingerprint density at radius 2 is 1.73 bits per heavy atom. The Balaban J connectivity index is 1.52. The van der Waals surface area contributed by atoms with E-state index < -0.39 is 5.97 Å². The van der Waals surface area contributed by atoms with Gasteiger partial charge in [0.05, 0.1) is 18.4 Å². The molecule has 7 nitrogen and oxygen atoms in total. The molecule has 1 N–H and O–H groups in total. The summed E-state index contributed by atoms with van der Waals surface area (Å²) in [5, 5.41) is 3.87. The summed E-state index contributed by atoms with van der Waals surface area (Å²) in [5.41, 5.74) is 6.87. The summed E-state index contributed by atoms with van der Waals surface area (Å²) in [4.78, 5) is 32.5. The summed E-state index contributed by atoms with van der Waals surface area (Å²) in [6, 6.07) is 20.1. The van der Waals surface area contributed by atoms with Gasteiger partial charge in [0.2, 0.25) is 5.55 Å². The number of anilines is 2. The fraction of sp³-hybridized carbons (Fsp3) is 0.233. The van der Waals surface area contributed by atoms with Crippen LogP contribution in [0.15, 0.2) is 76.1 Å². The number of carbonyl (C=O) groups excluding carboxylic acids is 2. The highest BCUT2D eigenvalue weighted by Crippen LogP contribution is 2.39. The predicted molar refractivity (Wildman–Crippen MR) is 142 cm³/mol. The summed E-state index contributed by atoms with van der Waals surface area (Å²) in [5.74, 6) is -0.715. The molecule has 2 aliphatic rings. The molecule has 0 saturated carbocycles. The molecule has 0 radical (unpaired) electrons. The van der Waals surface area contributed by atoms with E-state index in [1.54, 1.807) is 24.3 Å². The molecule has 37 heavy (non-hydrogen) atoms. The van der Waals surface area contributed by atoms with Gasteiger partial charge in [-0.1, -0.05) is 18.2 Å². The first-order chi connectivity index (χ1) is 18.1. The first kappa shape index (κ1) is 23.0. The van der Waals surface area contributed by atoms with Gasteiger partial charge in [-0.2, -0.15) is 0 Å². The van der Waals surface area contributed by atoms with Crippen molar-refractivity contribution in [3.05, 3.63) is 94.5 Å². The van der Waals surface area contributed by atoms with Gasteiger partial charge in [0, 0.05) is 35.4 Å². The summed E-state index contributed by atoms with van der Waals surface area (Å²) >= 11 is 0. The van der Waals surface area contributed by atoms with Gasteiger partial charge >= 0.3 is 5.97 Å². The minimum absolute atomic E-state index is 0.232. The first-order valence-corrected chi connectivity index (χ1v) is 12.6. The maximum absolute atomic E-state index is 13.5. The molecule has 0 unspecified atom stereocenters. The minimum Gasteiger partial charge on any atom is -0.465 e. The third-order valence-corrected chi connectivity index (χ3v) is 7.03. The third kappa shape index (κ3) is 4.37. The molecule has 6 rings (SSSR count). The standard InChI is InChI=1S/C30H27N3O4/c1-36-30(35)19-11-13-23(14-12-19)32-29-25(28(34)31-22-8-3-2-4-9-22)18-21-17-20-7-5-15-33-16-6-10-24(26(20)33)27(21)37-29/h2-4,8-9,11-14,17-18H,5-7,10,15-16H2,1H3,(H,31,34). The minimum atomic E-state index is -0.418. The molecule has 7 heteroatoms. The molecular weight excluding hydrogens is 466 g/mol. The number of ether oxygens (including phenoxy) is 1. The first-order valence-electron chi connectivity index (χ1n) is 12.6. The summed E-state index contributed by atoms with van der Waals surface area (Å²) in [6.07, 6.45) is 4.16. The van der Waals surface area contributed by atoms with Crippen LogP contribution in [-0.2, 0) is 17.6 Å². The van der Waals surface area contributed by atoms with Gasteiger partial charge in [-0.25, -0.2) is 9.79 Å². The van der Waals surface area contributed by atoms with Crippen molar-refractivity contribution in [1.82, 2.24) is 0 Å². The van der Waals surface area contributed by atoms with E-state index in [-0.39, 0.29) is 11.5 Å². The number of hydrogen-bond donors (Lipinski definition) is 1. The maximum Gasteiger partial charge on any atom is 0.337 e. The lowest BCUT2D eigenvalue weighted by atomic mass is 9.90. The number of para-hydroxylation sites is 1. The van der Waals surface area contributed by atoms with E-state index in [0.29, 0.717) is 22.5 Å². The van der Waals surface area contributed by atoms with Crippen molar-refractivity contribution in [3.8, 4) is 0 Å². The lowest BCUT2D eigenvalue weighted by Crippen LogP contribution is -2.34. The zero-order valence-electron chi connectivity index (χ0n) is 20.6. The molecule has 0 bridgehead atoms. The van der Waals surface area contributed by atoms with Crippen LogP contribution in [-0.4, -0.2) is 32.1 Å². The van der Waals surface area contributed by atoms with Gasteiger partial charge in [0.15, 0.2) is 0 Å². The number of benzene rings is 3. The maximum atomic E-state index is 13.5. The molecule has 2 aliphatic heterocycles. The Kier molecular flexibility index (Phi) is 5.96. The van der Waals surface area contributed by atoms with Crippen LogP contribution in [0.5, 0.6) is 0 Å². The molecular formula is C30H27N3O4. The molecule has 1 amide bonds. The predicted octanol–water partition coefficient (Wildman–Crippen LogP) is 5.40. The number of nitrogens with one attached hydrogen (secondary N) is 1. The number of fused-ring (bicyclic) bond motifs is 2.